The van der Waals surface area contributed by atoms with Crippen molar-refractivity contribution in [2.24, 2.45) is 11.8 Å². The predicted molar refractivity (Wildman–Crippen MR) is 139 cm³/mol. The molecular weight excluding hydrogens is 536 g/mol. The van der Waals surface area contributed by atoms with Crippen LogP contribution in [0.4, 0.5) is 0 Å². The van der Waals surface area contributed by atoms with Crippen molar-refractivity contribution in [2.75, 3.05) is 0 Å². The van der Waals surface area contributed by atoms with Crippen LogP contribution in [0.5, 0.6) is 0 Å². The molecule has 0 heterocycles. The number of hydrogen-bond donors (Lipinski definition) is 2. The normalized spacial score (nSPS) is 17.9. The van der Waals surface area contributed by atoms with Crippen LogP contribution in [0.2, 0.25) is 0 Å². The number of thiol groups is 2. The molecule has 0 aromatic carbocycles. The smallest absolute Gasteiger partial charge is 0.244 e. The van der Waals surface area contributed by atoms with Crippen molar-refractivity contribution in [2.45, 2.75) is 106 Å². The Morgan fingerprint density at radius 1 is 0.586 bits per heavy atom. The van der Waals surface area contributed by atoms with Crippen LogP contribution in [0.3, 0.4) is 0 Å². The molecule has 4 nitrogen and oxygen atoms in total. The Bertz CT molecular complexity index is 464. The summed E-state index contributed by atoms with van der Waals surface area (Å²) in [4.78, 5) is 0. The second kappa shape index (κ2) is 17.9. The minimum atomic E-state index is -2.33. The third kappa shape index (κ3) is 26.6. The summed E-state index contributed by atoms with van der Waals surface area (Å²) in [5.41, 5.74) is -4.67. The fraction of sp³-hybridized carbons (Fsp3) is 1.00. The quantitative estimate of drug-likeness (QED) is 0.139. The molecule has 0 N–H and O–H groups in total. The summed E-state index contributed by atoms with van der Waals surface area (Å²) in [7, 11) is 0. The van der Waals surface area contributed by atoms with Gasteiger partial charge in [0.1, 0.15) is 0 Å². The first-order valence-corrected chi connectivity index (χ1v) is 17.4. The molecule has 0 aromatic rings. The van der Waals surface area contributed by atoms with Gasteiger partial charge in [-0.2, -0.15) is 0 Å². The van der Waals surface area contributed by atoms with Gasteiger partial charge >= 0.3 is 0 Å². The Labute approximate surface area is 214 Å². The molecule has 0 radical (unpaired) electrons. The molecule has 4 unspecified atom stereocenters. The number of hydrogen-bond acceptors (Lipinski definition) is 6. The van der Waals surface area contributed by atoms with Gasteiger partial charge in [0.05, 0.1) is 24.4 Å². The molecule has 0 saturated heterocycles. The molecule has 0 bridgehead atoms. The largest absolute Gasteiger partial charge is 0.319 e. The third-order valence-electron chi connectivity index (χ3n) is 2.92. The molecule has 0 aliphatic carbocycles. The molecular formula is C18H42O4P2S4Zn. The summed E-state index contributed by atoms with van der Waals surface area (Å²) >= 11 is 18.9. The molecule has 0 aliphatic heterocycles. The van der Waals surface area contributed by atoms with Crippen molar-refractivity contribution in [1.29, 1.82) is 0 Å². The zero-order valence-corrected chi connectivity index (χ0v) is 28.0. The van der Waals surface area contributed by atoms with Gasteiger partial charge < -0.3 is 18.1 Å². The number of rotatable bonds is 12. The van der Waals surface area contributed by atoms with E-state index < -0.39 is 11.4 Å². The van der Waals surface area contributed by atoms with Crippen molar-refractivity contribution in [3.8, 4) is 0 Å². The summed E-state index contributed by atoms with van der Waals surface area (Å²) in [6, 6.07) is 0. The van der Waals surface area contributed by atoms with Gasteiger partial charge in [-0.25, -0.2) is 0 Å². The van der Waals surface area contributed by atoms with Crippen LogP contribution >= 0.6 is 35.9 Å². The minimum absolute atomic E-state index is 0. The average Bonchev–Trinajstić information content (AvgIpc) is 2.30. The van der Waals surface area contributed by atoms with Crippen LogP contribution in [-0.2, 0) is 61.2 Å². The summed E-state index contributed by atoms with van der Waals surface area (Å²) < 4.78 is 22.2. The first-order valence-electron chi connectivity index (χ1n) is 9.84. The monoisotopic (exact) mass is 576 g/mol. The standard InChI is InChI=1S/2C9H21O2PS2.Zn/c2*1-7(2)6-9(5)11-12(13,14)10-8(3)4;/h2*7-9H,6H2,1-5H3,(H,13,14);. The van der Waals surface area contributed by atoms with Crippen molar-refractivity contribution < 1.29 is 37.6 Å². The van der Waals surface area contributed by atoms with Gasteiger partial charge in [-0.15, -0.1) is 0 Å². The van der Waals surface area contributed by atoms with Crippen LogP contribution in [0.25, 0.3) is 0 Å². The van der Waals surface area contributed by atoms with Crippen LogP contribution < -0.4 is 0 Å². The van der Waals surface area contributed by atoms with E-state index in [9.17, 15) is 0 Å². The third-order valence-corrected chi connectivity index (χ3v) is 7.71. The van der Waals surface area contributed by atoms with Gasteiger partial charge in [-0.3, -0.25) is 0 Å². The van der Waals surface area contributed by atoms with E-state index >= 15 is 0 Å². The molecule has 29 heavy (non-hydrogen) atoms. The molecule has 4 atom stereocenters. The second-order valence-electron chi connectivity index (χ2n) is 8.34. The van der Waals surface area contributed by atoms with Gasteiger partial charge in [-0.05, 0) is 89.8 Å². The van der Waals surface area contributed by atoms with E-state index in [0.717, 1.165) is 12.8 Å². The molecule has 0 aromatic heterocycles. The van der Waals surface area contributed by atoms with E-state index in [-0.39, 0.29) is 43.9 Å². The van der Waals surface area contributed by atoms with Gasteiger partial charge in [0.2, 0.25) is 11.4 Å². The molecule has 174 valence electrons. The molecule has 0 spiro atoms. The van der Waals surface area contributed by atoms with Gasteiger partial charge in [0, 0.05) is 19.5 Å². The Balaban J connectivity index is -0.000000451. The van der Waals surface area contributed by atoms with Gasteiger partial charge in [0.25, 0.3) is 0 Å². The van der Waals surface area contributed by atoms with Crippen LogP contribution in [0.1, 0.15) is 82.1 Å². The summed E-state index contributed by atoms with van der Waals surface area (Å²) in [6.07, 6.45) is 2.37. The Morgan fingerprint density at radius 2 is 0.828 bits per heavy atom. The summed E-state index contributed by atoms with van der Waals surface area (Å²) in [6.45, 7) is 20.4. The van der Waals surface area contributed by atoms with Crippen molar-refractivity contribution in [1.82, 2.24) is 0 Å². The predicted octanol–water partition coefficient (Wildman–Crippen LogP) is 8.03. The SMILES string of the molecule is CC(C)CC(C)OP(=S)(S)OC(C)C.CC(C)CC(C)OP(=S)(S)OC(C)C.[Zn]. The van der Waals surface area contributed by atoms with Gasteiger partial charge in [-0.1, -0.05) is 52.2 Å². The van der Waals surface area contributed by atoms with E-state index in [0.29, 0.717) is 11.8 Å². The van der Waals surface area contributed by atoms with Gasteiger partial charge in [0.15, 0.2) is 0 Å². The van der Waals surface area contributed by atoms with Crippen molar-refractivity contribution in [3.05, 3.63) is 0 Å². The molecule has 0 amide bonds. The average molecular weight is 578 g/mol. The maximum atomic E-state index is 5.63. The van der Waals surface area contributed by atoms with E-state index in [4.69, 9.17) is 41.7 Å². The molecule has 0 fully saturated rings. The van der Waals surface area contributed by atoms with E-state index in [2.05, 4.69) is 52.2 Å². The first kappa shape index (κ1) is 36.0. The van der Waals surface area contributed by atoms with Crippen molar-refractivity contribution >= 4 is 59.5 Å². The maximum absolute atomic E-state index is 5.63. The molecule has 11 heteroatoms. The topological polar surface area (TPSA) is 36.9 Å². The molecule has 0 rings (SSSR count). The fourth-order valence-corrected chi connectivity index (χ4v) is 8.71. The minimum Gasteiger partial charge on any atom is -0.319 e. The Kier molecular flexibility index (Phi) is 22.2. The van der Waals surface area contributed by atoms with E-state index in [1.807, 2.05) is 41.5 Å². The zero-order valence-electron chi connectivity index (χ0n) is 19.8. The molecule has 0 saturated carbocycles. The Morgan fingerprint density at radius 3 is 1.00 bits per heavy atom. The van der Waals surface area contributed by atoms with Crippen LogP contribution in [0, 0.1) is 11.8 Å². The van der Waals surface area contributed by atoms with Crippen LogP contribution in [0.15, 0.2) is 0 Å². The molecule has 0 aliphatic rings. The first-order chi connectivity index (χ1) is 12.5. The second-order valence-corrected chi connectivity index (χ2v) is 18.7. The van der Waals surface area contributed by atoms with E-state index in [1.165, 1.54) is 0 Å². The maximum Gasteiger partial charge on any atom is 0.244 e. The van der Waals surface area contributed by atoms with E-state index in [1.54, 1.807) is 0 Å². The summed E-state index contributed by atoms with van der Waals surface area (Å²) in [5, 5.41) is 0. The van der Waals surface area contributed by atoms with Crippen molar-refractivity contribution in [3.63, 3.8) is 0 Å². The Hall–Kier alpha value is 2.46. The fourth-order valence-electron chi connectivity index (χ4n) is 2.45. The zero-order chi connectivity index (χ0) is 22.7. The summed E-state index contributed by atoms with van der Waals surface area (Å²) in [5.74, 6) is 1.21. The van der Waals surface area contributed by atoms with Crippen LogP contribution in [-0.4, -0.2) is 24.4 Å².